The minimum absolute atomic E-state index is 0.409. The van der Waals surface area contributed by atoms with Gasteiger partial charge >= 0.3 is 5.97 Å². The van der Waals surface area contributed by atoms with E-state index in [9.17, 15) is 9.90 Å². The van der Waals surface area contributed by atoms with E-state index in [1.807, 2.05) is 66.7 Å². The summed E-state index contributed by atoms with van der Waals surface area (Å²) in [6.45, 7) is 3.78. The average molecular weight is 552 g/mol. The highest BCUT2D eigenvalue weighted by Gasteiger charge is 2.28. The number of benzene rings is 3. The third-order valence-electron chi connectivity index (χ3n) is 7.11. The van der Waals surface area contributed by atoms with Gasteiger partial charge in [-0.3, -0.25) is 4.90 Å². The topological polar surface area (TPSA) is 75.8 Å². The van der Waals surface area contributed by atoms with E-state index in [0.717, 1.165) is 17.7 Å². The molecule has 0 saturated heterocycles. The minimum Gasteiger partial charge on any atom is -0.451 e. The molecular weight excluding hydrogens is 516 g/mol. The summed E-state index contributed by atoms with van der Waals surface area (Å²) in [5, 5.41) is 11.2. The van der Waals surface area contributed by atoms with E-state index in [4.69, 9.17) is 10.5 Å². The van der Waals surface area contributed by atoms with Gasteiger partial charge in [0, 0.05) is 17.1 Å². The highest BCUT2D eigenvalue weighted by atomic mass is 79.9. The summed E-state index contributed by atoms with van der Waals surface area (Å²) in [6, 6.07) is 22.7. The highest BCUT2D eigenvalue weighted by Crippen LogP contribution is 2.34. The van der Waals surface area contributed by atoms with Crippen LogP contribution in [0.15, 0.2) is 77.3 Å². The van der Waals surface area contributed by atoms with Crippen LogP contribution in [0.4, 0.5) is 5.69 Å². The van der Waals surface area contributed by atoms with Crippen LogP contribution in [-0.2, 0) is 11.3 Å². The Morgan fingerprint density at radius 3 is 2.25 bits per heavy atom. The van der Waals surface area contributed by atoms with Crippen LogP contribution in [-0.4, -0.2) is 28.6 Å². The van der Waals surface area contributed by atoms with Gasteiger partial charge in [0.25, 0.3) is 0 Å². The molecule has 36 heavy (non-hydrogen) atoms. The summed E-state index contributed by atoms with van der Waals surface area (Å²) in [6.07, 6.45) is 4.38. The number of rotatable bonds is 9. The molecule has 3 aromatic carbocycles. The van der Waals surface area contributed by atoms with Crippen molar-refractivity contribution in [3.8, 4) is 0 Å². The zero-order valence-corrected chi connectivity index (χ0v) is 22.4. The second-order valence-corrected chi connectivity index (χ2v) is 10.3. The number of aliphatic hydroxyl groups excluding tert-OH is 1. The van der Waals surface area contributed by atoms with Crippen molar-refractivity contribution in [1.82, 2.24) is 4.90 Å². The summed E-state index contributed by atoms with van der Waals surface area (Å²) in [7, 11) is 0. The van der Waals surface area contributed by atoms with E-state index >= 15 is 0 Å². The first kappa shape index (κ1) is 26.4. The van der Waals surface area contributed by atoms with Gasteiger partial charge in [0.1, 0.15) is 6.10 Å². The Morgan fingerprint density at radius 1 is 1.03 bits per heavy atom. The van der Waals surface area contributed by atoms with E-state index in [0.29, 0.717) is 33.9 Å². The number of carbonyl (C=O) groups is 1. The molecule has 2 unspecified atom stereocenters. The Bertz CT molecular complexity index is 1130. The largest absolute Gasteiger partial charge is 0.451 e. The molecule has 2 atom stereocenters. The Morgan fingerprint density at radius 2 is 1.64 bits per heavy atom. The number of esters is 1. The van der Waals surface area contributed by atoms with Gasteiger partial charge in [0.15, 0.2) is 6.10 Å². The standard InChI is InChI=1S/C30H35BrN2O3/c1-2-33(25-16-10-5-11-17-25)20-24-18-23(19-26(31)27(24)32)30(35)36-29(22-14-8-4-9-15-22)28(34)21-12-6-3-7-13-21/h3-4,6-9,12-15,18-19,25,28-29,34H,2,5,10-11,16-17,20,32H2,1H3. The number of hydrogen-bond donors (Lipinski definition) is 2. The number of carbonyl (C=O) groups excluding carboxylic acids is 1. The van der Waals surface area contributed by atoms with Gasteiger partial charge in [-0.25, -0.2) is 4.79 Å². The highest BCUT2D eigenvalue weighted by molar-refractivity contribution is 9.10. The van der Waals surface area contributed by atoms with Gasteiger partial charge in [-0.15, -0.1) is 0 Å². The number of halogens is 1. The molecule has 3 N–H and O–H groups in total. The van der Waals surface area contributed by atoms with Crippen molar-refractivity contribution in [2.45, 2.75) is 63.8 Å². The van der Waals surface area contributed by atoms with Gasteiger partial charge < -0.3 is 15.6 Å². The number of aliphatic hydroxyl groups is 1. The molecular formula is C30H35BrN2O3. The number of nitrogens with two attached hydrogens (primary N) is 1. The molecule has 0 heterocycles. The monoisotopic (exact) mass is 550 g/mol. The van der Waals surface area contributed by atoms with E-state index in [2.05, 4.69) is 27.8 Å². The van der Waals surface area contributed by atoms with Crippen LogP contribution in [0.2, 0.25) is 0 Å². The normalized spacial score (nSPS) is 16.0. The molecule has 1 aliphatic carbocycles. The molecule has 0 bridgehead atoms. The molecule has 190 valence electrons. The van der Waals surface area contributed by atoms with Gasteiger partial charge in [0.2, 0.25) is 0 Å². The Hall–Kier alpha value is -2.67. The lowest BCUT2D eigenvalue weighted by molar-refractivity contribution is -0.0209. The predicted molar refractivity (Wildman–Crippen MR) is 148 cm³/mol. The molecule has 0 aliphatic heterocycles. The first-order chi connectivity index (χ1) is 17.5. The second-order valence-electron chi connectivity index (χ2n) is 9.48. The maximum Gasteiger partial charge on any atom is 0.338 e. The van der Waals surface area contributed by atoms with E-state index in [-0.39, 0.29) is 0 Å². The van der Waals surface area contributed by atoms with Gasteiger partial charge in [-0.1, -0.05) is 86.8 Å². The van der Waals surface area contributed by atoms with Crippen LogP contribution in [0.5, 0.6) is 0 Å². The Labute approximate surface area is 222 Å². The zero-order valence-electron chi connectivity index (χ0n) is 20.8. The van der Waals surface area contributed by atoms with Crippen LogP contribution in [0.25, 0.3) is 0 Å². The smallest absolute Gasteiger partial charge is 0.338 e. The quantitative estimate of drug-likeness (QED) is 0.226. The summed E-state index contributed by atoms with van der Waals surface area (Å²) < 4.78 is 6.64. The molecule has 0 spiro atoms. The van der Waals surface area contributed by atoms with E-state index < -0.39 is 18.2 Å². The van der Waals surface area contributed by atoms with Crippen LogP contribution >= 0.6 is 15.9 Å². The molecule has 1 saturated carbocycles. The zero-order chi connectivity index (χ0) is 25.5. The van der Waals surface area contributed by atoms with Crippen LogP contribution in [0.3, 0.4) is 0 Å². The number of hydrogen-bond acceptors (Lipinski definition) is 5. The van der Waals surface area contributed by atoms with Gasteiger partial charge in [-0.05, 0) is 64.1 Å². The molecule has 5 nitrogen and oxygen atoms in total. The molecule has 6 heteroatoms. The summed E-state index contributed by atoms with van der Waals surface area (Å²) in [5.74, 6) is -0.499. The van der Waals surface area contributed by atoms with Crippen LogP contribution in [0.1, 0.15) is 78.3 Å². The van der Waals surface area contributed by atoms with Gasteiger partial charge in [0.05, 0.1) is 11.3 Å². The third kappa shape index (κ3) is 6.36. The number of anilines is 1. The fourth-order valence-corrected chi connectivity index (χ4v) is 5.55. The molecule has 1 fully saturated rings. The fourth-order valence-electron chi connectivity index (χ4n) is 5.05. The molecule has 0 amide bonds. The third-order valence-corrected chi connectivity index (χ3v) is 7.77. The first-order valence-corrected chi connectivity index (χ1v) is 13.6. The fraction of sp³-hybridized carbons (Fsp3) is 0.367. The molecule has 0 aromatic heterocycles. The molecule has 1 aliphatic rings. The number of nitrogens with zero attached hydrogens (tertiary/aromatic N) is 1. The lowest BCUT2D eigenvalue weighted by Gasteiger charge is -2.34. The Balaban J connectivity index is 1.59. The van der Waals surface area contributed by atoms with Gasteiger partial charge in [-0.2, -0.15) is 0 Å². The lowest BCUT2D eigenvalue weighted by atomic mass is 9.93. The van der Waals surface area contributed by atoms with Crippen molar-refractivity contribution >= 4 is 27.6 Å². The van der Waals surface area contributed by atoms with Crippen molar-refractivity contribution in [1.29, 1.82) is 0 Å². The van der Waals surface area contributed by atoms with Crippen molar-refractivity contribution in [2.75, 3.05) is 12.3 Å². The number of nitrogen functional groups attached to an aromatic ring is 1. The van der Waals surface area contributed by atoms with E-state index in [1.165, 1.54) is 32.1 Å². The SMILES string of the molecule is CCN(Cc1cc(C(=O)OC(c2ccccc2)C(O)c2ccccc2)cc(Br)c1N)C1CCCCC1. The molecule has 0 radical (unpaired) electrons. The average Bonchev–Trinajstić information content (AvgIpc) is 2.93. The maximum absolute atomic E-state index is 13.4. The maximum atomic E-state index is 13.4. The number of ether oxygens (including phenoxy) is 1. The summed E-state index contributed by atoms with van der Waals surface area (Å²) in [5.41, 5.74) is 9.81. The van der Waals surface area contributed by atoms with Crippen LogP contribution < -0.4 is 5.73 Å². The van der Waals surface area contributed by atoms with Crippen LogP contribution in [0, 0.1) is 0 Å². The minimum atomic E-state index is -1.00. The predicted octanol–water partition coefficient (Wildman–Crippen LogP) is 6.82. The summed E-state index contributed by atoms with van der Waals surface area (Å²) >= 11 is 3.55. The first-order valence-electron chi connectivity index (χ1n) is 12.8. The van der Waals surface area contributed by atoms with Crippen molar-refractivity contribution in [3.05, 3.63) is 99.5 Å². The second kappa shape index (κ2) is 12.5. The van der Waals surface area contributed by atoms with Crippen molar-refractivity contribution in [3.63, 3.8) is 0 Å². The molecule has 3 aromatic rings. The van der Waals surface area contributed by atoms with Crippen molar-refractivity contribution < 1.29 is 14.6 Å². The Kier molecular flexibility index (Phi) is 9.19. The lowest BCUT2D eigenvalue weighted by Crippen LogP contribution is -2.36. The van der Waals surface area contributed by atoms with E-state index in [1.54, 1.807) is 6.07 Å². The summed E-state index contributed by atoms with van der Waals surface area (Å²) in [4.78, 5) is 15.9. The van der Waals surface area contributed by atoms with Crippen molar-refractivity contribution in [2.24, 2.45) is 0 Å². The molecule has 4 rings (SSSR count).